The lowest BCUT2D eigenvalue weighted by molar-refractivity contribution is 0.196. The average molecular weight is 266 g/mol. The highest BCUT2D eigenvalue weighted by Crippen LogP contribution is 2.34. The van der Waals surface area contributed by atoms with Gasteiger partial charge in [-0.15, -0.1) is 0 Å². The summed E-state index contributed by atoms with van der Waals surface area (Å²) in [6.45, 7) is 1.64. The number of hydrogen-bond donors (Lipinski definition) is 1. The highest BCUT2D eigenvalue weighted by atomic mass is 32.2. The van der Waals surface area contributed by atoms with Crippen molar-refractivity contribution in [2.45, 2.75) is 22.8 Å². The molecule has 0 spiro atoms. The number of halogens is 2. The van der Waals surface area contributed by atoms with Gasteiger partial charge in [0.05, 0.1) is 11.0 Å². The summed E-state index contributed by atoms with van der Waals surface area (Å²) in [7, 11) is 0. The van der Waals surface area contributed by atoms with Crippen molar-refractivity contribution in [3.8, 4) is 0 Å². The van der Waals surface area contributed by atoms with Gasteiger partial charge in [-0.1, -0.05) is 30.0 Å². The summed E-state index contributed by atoms with van der Waals surface area (Å²) < 4.78 is 26.6. The molecule has 1 atom stereocenters. The molecule has 1 nitrogen and oxygen atoms in total. The summed E-state index contributed by atoms with van der Waals surface area (Å²) in [6.07, 6.45) is -0.648. The highest BCUT2D eigenvalue weighted by Gasteiger charge is 2.11. The molecule has 0 heterocycles. The second kappa shape index (κ2) is 5.50. The fourth-order valence-electron chi connectivity index (χ4n) is 1.59. The lowest BCUT2D eigenvalue weighted by Crippen LogP contribution is -1.94. The Morgan fingerprint density at radius 2 is 1.78 bits per heavy atom. The number of aliphatic hydroxyl groups excluding tert-OH is 1. The molecule has 18 heavy (non-hydrogen) atoms. The third-order valence-electron chi connectivity index (χ3n) is 2.48. The molecule has 0 radical (unpaired) electrons. The van der Waals surface area contributed by atoms with Crippen LogP contribution in [-0.4, -0.2) is 5.11 Å². The summed E-state index contributed by atoms with van der Waals surface area (Å²) in [4.78, 5) is 0.931. The minimum Gasteiger partial charge on any atom is -0.389 e. The van der Waals surface area contributed by atoms with Gasteiger partial charge in [0, 0.05) is 4.90 Å². The molecule has 0 aliphatic heterocycles. The molecule has 2 aromatic carbocycles. The van der Waals surface area contributed by atoms with Gasteiger partial charge in [0.25, 0.3) is 0 Å². The Morgan fingerprint density at radius 3 is 2.50 bits per heavy atom. The Bertz CT molecular complexity index is 555. The normalized spacial score (nSPS) is 12.4. The highest BCUT2D eigenvalue weighted by molar-refractivity contribution is 7.99. The zero-order valence-corrected chi connectivity index (χ0v) is 10.5. The zero-order chi connectivity index (χ0) is 13.1. The van der Waals surface area contributed by atoms with Crippen LogP contribution in [0.15, 0.2) is 52.3 Å². The van der Waals surface area contributed by atoms with Crippen LogP contribution in [0, 0.1) is 11.6 Å². The third-order valence-corrected chi connectivity index (χ3v) is 3.61. The van der Waals surface area contributed by atoms with E-state index in [9.17, 15) is 13.9 Å². The maximum Gasteiger partial charge on any atom is 0.137 e. The zero-order valence-electron chi connectivity index (χ0n) is 9.73. The second-order valence-electron chi connectivity index (χ2n) is 3.89. The Labute approximate surface area is 108 Å². The number of benzene rings is 2. The maximum atomic E-state index is 13.5. The van der Waals surface area contributed by atoms with Crippen LogP contribution in [0.2, 0.25) is 0 Å². The molecule has 0 aromatic heterocycles. The Kier molecular flexibility index (Phi) is 3.99. The van der Waals surface area contributed by atoms with Crippen molar-refractivity contribution in [2.24, 2.45) is 0 Å². The predicted molar refractivity (Wildman–Crippen MR) is 67.6 cm³/mol. The van der Waals surface area contributed by atoms with E-state index in [-0.39, 0.29) is 4.90 Å². The topological polar surface area (TPSA) is 20.2 Å². The van der Waals surface area contributed by atoms with Gasteiger partial charge >= 0.3 is 0 Å². The fraction of sp³-hybridized carbons (Fsp3) is 0.143. The van der Waals surface area contributed by atoms with Gasteiger partial charge in [-0.3, -0.25) is 0 Å². The minimum atomic E-state index is -0.648. The van der Waals surface area contributed by atoms with Crippen molar-refractivity contribution < 1.29 is 13.9 Å². The smallest absolute Gasteiger partial charge is 0.137 e. The van der Waals surface area contributed by atoms with Crippen molar-refractivity contribution in [3.05, 3.63) is 59.7 Å². The first kappa shape index (κ1) is 13.1. The van der Waals surface area contributed by atoms with E-state index in [1.165, 1.54) is 0 Å². The summed E-state index contributed by atoms with van der Waals surface area (Å²) in [5, 5.41) is 9.63. The molecule has 94 valence electrons. The van der Waals surface area contributed by atoms with Crippen molar-refractivity contribution >= 4 is 11.8 Å². The average Bonchev–Trinajstić information content (AvgIpc) is 2.34. The van der Waals surface area contributed by atoms with Crippen LogP contribution in [0.4, 0.5) is 8.78 Å². The Morgan fingerprint density at radius 1 is 1.06 bits per heavy atom. The van der Waals surface area contributed by atoms with E-state index in [1.807, 2.05) is 0 Å². The molecule has 2 rings (SSSR count). The molecule has 1 unspecified atom stereocenters. The second-order valence-corrected chi connectivity index (χ2v) is 4.97. The molecule has 0 saturated carbocycles. The fourth-order valence-corrected chi connectivity index (χ4v) is 2.67. The number of hydrogen-bond acceptors (Lipinski definition) is 2. The van der Waals surface area contributed by atoms with Gasteiger partial charge in [-0.2, -0.15) is 0 Å². The van der Waals surface area contributed by atoms with Crippen LogP contribution in [0.5, 0.6) is 0 Å². The van der Waals surface area contributed by atoms with Gasteiger partial charge in [0.15, 0.2) is 0 Å². The Hall–Kier alpha value is -1.39. The SMILES string of the molecule is CC(O)c1ccccc1Sc1cc(F)ccc1F. The minimum absolute atomic E-state index is 0.211. The molecular weight excluding hydrogens is 254 g/mol. The Balaban J connectivity index is 2.37. The molecule has 1 N–H and O–H groups in total. The molecule has 0 saturated heterocycles. The van der Waals surface area contributed by atoms with Crippen LogP contribution in [0.3, 0.4) is 0 Å². The first-order valence-electron chi connectivity index (χ1n) is 5.48. The molecule has 0 amide bonds. The van der Waals surface area contributed by atoms with E-state index in [1.54, 1.807) is 31.2 Å². The molecule has 0 aliphatic rings. The molecule has 0 bridgehead atoms. The largest absolute Gasteiger partial charge is 0.389 e. The van der Waals surface area contributed by atoms with Gasteiger partial charge in [0.1, 0.15) is 11.6 Å². The molecule has 0 aliphatic carbocycles. The summed E-state index contributed by atoms with van der Waals surface area (Å²) in [6, 6.07) is 10.5. The van der Waals surface area contributed by atoms with E-state index in [4.69, 9.17) is 0 Å². The van der Waals surface area contributed by atoms with Crippen molar-refractivity contribution in [1.82, 2.24) is 0 Å². The molecule has 4 heteroatoms. The van der Waals surface area contributed by atoms with Crippen LogP contribution in [-0.2, 0) is 0 Å². The van der Waals surface area contributed by atoms with Gasteiger partial charge in [0.2, 0.25) is 0 Å². The van der Waals surface area contributed by atoms with Gasteiger partial charge in [-0.05, 0) is 36.8 Å². The lowest BCUT2D eigenvalue weighted by atomic mass is 10.1. The van der Waals surface area contributed by atoms with Gasteiger partial charge < -0.3 is 5.11 Å². The molecular formula is C14H12F2OS. The first-order chi connectivity index (χ1) is 8.58. The van der Waals surface area contributed by atoms with Gasteiger partial charge in [-0.25, -0.2) is 8.78 Å². The number of rotatable bonds is 3. The van der Waals surface area contributed by atoms with E-state index in [0.29, 0.717) is 5.56 Å². The summed E-state index contributed by atoms with van der Waals surface area (Å²) >= 11 is 1.11. The van der Waals surface area contributed by atoms with Crippen molar-refractivity contribution in [1.29, 1.82) is 0 Å². The van der Waals surface area contributed by atoms with E-state index in [0.717, 1.165) is 34.9 Å². The maximum absolute atomic E-state index is 13.5. The molecule has 0 fully saturated rings. The van der Waals surface area contributed by atoms with Crippen LogP contribution >= 0.6 is 11.8 Å². The van der Waals surface area contributed by atoms with E-state index < -0.39 is 17.7 Å². The van der Waals surface area contributed by atoms with Crippen molar-refractivity contribution in [3.63, 3.8) is 0 Å². The standard InChI is InChI=1S/C14H12F2OS/c1-9(17)11-4-2-3-5-13(11)18-14-8-10(15)6-7-12(14)16/h2-9,17H,1H3. The third kappa shape index (κ3) is 2.89. The van der Waals surface area contributed by atoms with Crippen molar-refractivity contribution in [2.75, 3.05) is 0 Å². The van der Waals surface area contributed by atoms with Crippen LogP contribution in [0.25, 0.3) is 0 Å². The summed E-state index contributed by atoms with van der Waals surface area (Å²) in [5.41, 5.74) is 0.700. The van der Waals surface area contributed by atoms with E-state index >= 15 is 0 Å². The van der Waals surface area contributed by atoms with Crippen LogP contribution in [0.1, 0.15) is 18.6 Å². The first-order valence-corrected chi connectivity index (χ1v) is 6.29. The quantitative estimate of drug-likeness (QED) is 0.899. The number of aliphatic hydroxyl groups is 1. The monoisotopic (exact) mass is 266 g/mol. The summed E-state index contributed by atoms with van der Waals surface area (Å²) in [5.74, 6) is -0.949. The van der Waals surface area contributed by atoms with Crippen LogP contribution < -0.4 is 0 Å². The lowest BCUT2D eigenvalue weighted by Gasteiger charge is -2.11. The predicted octanol–water partition coefficient (Wildman–Crippen LogP) is 4.17. The molecule has 2 aromatic rings. The van der Waals surface area contributed by atoms with E-state index in [2.05, 4.69) is 0 Å².